The average molecular weight is 352 g/mol. The Labute approximate surface area is 155 Å². The van der Waals surface area contributed by atoms with Crippen molar-refractivity contribution < 1.29 is 18.8 Å². The Morgan fingerprint density at radius 2 is 1.54 bits per heavy atom. The zero-order valence-electron chi connectivity index (χ0n) is 15.9. The van der Waals surface area contributed by atoms with Crippen LogP contribution in [-0.4, -0.2) is 36.6 Å². The number of ether oxygens (including phenoxy) is 1. The molecule has 2 aromatic carbocycles. The Kier molecular flexibility index (Phi) is 6.11. The number of carbonyl (C=O) groups is 2. The summed E-state index contributed by atoms with van der Waals surface area (Å²) in [5.74, 6) is -0.373. The highest BCUT2D eigenvalue weighted by molar-refractivity contribution is 6.08. The van der Waals surface area contributed by atoms with Gasteiger partial charge in [0.1, 0.15) is 6.54 Å². The Balaban J connectivity index is 2.07. The van der Waals surface area contributed by atoms with E-state index in [2.05, 4.69) is 6.58 Å². The highest BCUT2D eigenvalue weighted by Crippen LogP contribution is 2.18. The van der Waals surface area contributed by atoms with Crippen molar-refractivity contribution in [1.82, 2.24) is 0 Å². The fraction of sp³-hybridized carbons (Fsp3) is 0.273. The molecule has 0 saturated carbocycles. The van der Waals surface area contributed by atoms with E-state index in [1.807, 2.05) is 75.6 Å². The van der Waals surface area contributed by atoms with Crippen LogP contribution >= 0.6 is 0 Å². The van der Waals surface area contributed by atoms with E-state index in [-0.39, 0.29) is 18.0 Å². The van der Waals surface area contributed by atoms with Crippen LogP contribution in [-0.2, 0) is 16.1 Å². The van der Waals surface area contributed by atoms with Crippen LogP contribution in [0.15, 0.2) is 66.7 Å². The number of esters is 1. The molecule has 0 radical (unpaired) electrons. The maximum Gasteiger partial charge on any atom is 0.337 e. The van der Waals surface area contributed by atoms with Crippen LogP contribution in [0.5, 0.6) is 0 Å². The summed E-state index contributed by atoms with van der Waals surface area (Å²) in [6.45, 7) is 7.79. The van der Waals surface area contributed by atoms with Crippen molar-refractivity contribution >= 4 is 11.8 Å². The maximum atomic E-state index is 12.5. The molecule has 0 fully saturated rings. The molecule has 0 N–H and O–H groups in total. The van der Waals surface area contributed by atoms with Crippen LogP contribution in [0.1, 0.15) is 35.3 Å². The van der Waals surface area contributed by atoms with Gasteiger partial charge in [-0.1, -0.05) is 61.2 Å². The first kappa shape index (κ1) is 19.6. The van der Waals surface area contributed by atoms with Crippen molar-refractivity contribution in [2.45, 2.75) is 26.6 Å². The predicted octanol–water partition coefficient (Wildman–Crippen LogP) is 3.96. The minimum absolute atomic E-state index is 0.00894. The number of quaternary nitrogens is 1. The van der Waals surface area contributed by atoms with Gasteiger partial charge in [-0.05, 0) is 6.92 Å². The molecule has 4 nitrogen and oxygen atoms in total. The molecule has 0 saturated heterocycles. The van der Waals surface area contributed by atoms with Crippen LogP contribution < -0.4 is 0 Å². The van der Waals surface area contributed by atoms with Gasteiger partial charge in [-0.2, -0.15) is 0 Å². The number of hydrogen-bond acceptors (Lipinski definition) is 3. The van der Waals surface area contributed by atoms with Crippen molar-refractivity contribution in [3.63, 3.8) is 0 Å². The van der Waals surface area contributed by atoms with E-state index in [0.717, 1.165) is 5.56 Å². The molecule has 2 aromatic rings. The summed E-state index contributed by atoms with van der Waals surface area (Å²) >= 11 is 0. The summed E-state index contributed by atoms with van der Waals surface area (Å²) in [6, 6.07) is 16.8. The lowest BCUT2D eigenvalue weighted by Gasteiger charge is -2.35. The minimum Gasteiger partial charge on any atom is -0.409 e. The number of carbonyl (C=O) groups excluding carboxylic acids is 2. The first-order chi connectivity index (χ1) is 12.2. The molecule has 4 heteroatoms. The molecule has 0 aliphatic heterocycles. The summed E-state index contributed by atoms with van der Waals surface area (Å²) in [5, 5.41) is 0. The topological polar surface area (TPSA) is 43.4 Å². The molecule has 0 bridgehead atoms. The number of benzene rings is 2. The second-order valence-electron chi connectivity index (χ2n) is 7.11. The minimum atomic E-state index is -0.382. The van der Waals surface area contributed by atoms with Gasteiger partial charge < -0.3 is 4.74 Å². The van der Waals surface area contributed by atoms with Crippen LogP contribution in [0.2, 0.25) is 0 Å². The molecule has 1 unspecified atom stereocenters. The molecule has 0 aromatic heterocycles. The molecule has 0 heterocycles. The molecule has 0 spiro atoms. The van der Waals surface area contributed by atoms with E-state index in [0.29, 0.717) is 27.7 Å². The molecule has 0 aliphatic rings. The lowest BCUT2D eigenvalue weighted by Crippen LogP contribution is -2.48. The molecule has 1 atom stereocenters. The quantitative estimate of drug-likeness (QED) is 0.249. The maximum absolute atomic E-state index is 12.5. The lowest BCUT2D eigenvalue weighted by molar-refractivity contribution is -0.945. The lowest BCUT2D eigenvalue weighted by atomic mass is 10.0. The molecular weight excluding hydrogens is 326 g/mol. The summed E-state index contributed by atoms with van der Waals surface area (Å²) in [5.41, 5.74) is 2.79. The number of rotatable bonds is 7. The second kappa shape index (κ2) is 8.11. The summed E-state index contributed by atoms with van der Waals surface area (Å²) in [4.78, 5) is 24.2. The third-order valence-electron chi connectivity index (χ3n) is 4.45. The van der Waals surface area contributed by atoms with Gasteiger partial charge in [0.05, 0.1) is 14.1 Å². The Bertz CT molecular complexity index is 792. The molecule has 136 valence electrons. The van der Waals surface area contributed by atoms with Crippen molar-refractivity contribution in [2.24, 2.45) is 0 Å². The summed E-state index contributed by atoms with van der Waals surface area (Å²) in [6.07, 6.45) is -0.315. The molecular formula is C22H26NO3+. The molecule has 2 rings (SSSR count). The average Bonchev–Trinajstić information content (AvgIpc) is 2.62. The zero-order chi connectivity index (χ0) is 19.3. The van der Waals surface area contributed by atoms with Gasteiger partial charge in [-0.15, -0.1) is 0 Å². The predicted molar refractivity (Wildman–Crippen MR) is 102 cm³/mol. The van der Waals surface area contributed by atoms with E-state index in [1.54, 1.807) is 6.92 Å². The Morgan fingerprint density at radius 3 is 2.08 bits per heavy atom. The first-order valence-electron chi connectivity index (χ1n) is 8.58. The van der Waals surface area contributed by atoms with Crippen LogP contribution in [0.3, 0.4) is 0 Å². The van der Waals surface area contributed by atoms with Crippen molar-refractivity contribution in [2.75, 3.05) is 14.1 Å². The van der Waals surface area contributed by atoms with Gasteiger partial charge in [-0.3, -0.25) is 9.28 Å². The monoisotopic (exact) mass is 352 g/mol. The second-order valence-corrected chi connectivity index (χ2v) is 7.11. The van der Waals surface area contributed by atoms with Crippen LogP contribution in [0.25, 0.3) is 0 Å². The van der Waals surface area contributed by atoms with E-state index >= 15 is 0 Å². The van der Waals surface area contributed by atoms with Gasteiger partial charge in [-0.25, -0.2) is 4.79 Å². The highest BCUT2D eigenvalue weighted by Gasteiger charge is 2.28. The zero-order valence-corrected chi connectivity index (χ0v) is 15.9. The van der Waals surface area contributed by atoms with Gasteiger partial charge in [0.2, 0.25) is 6.23 Å². The highest BCUT2D eigenvalue weighted by atomic mass is 16.6. The SMILES string of the molecule is C=C(C)C(=O)OC(C)[N+](C)(C)Cc1ccc(C(=O)c2ccccc2)cc1. The molecule has 0 amide bonds. The summed E-state index contributed by atoms with van der Waals surface area (Å²) in [7, 11) is 4.00. The fourth-order valence-corrected chi connectivity index (χ4v) is 2.52. The van der Waals surface area contributed by atoms with Crippen molar-refractivity contribution in [3.05, 3.63) is 83.4 Å². The Morgan fingerprint density at radius 1 is 1.00 bits per heavy atom. The fourth-order valence-electron chi connectivity index (χ4n) is 2.52. The van der Waals surface area contributed by atoms with Gasteiger partial charge in [0.15, 0.2) is 5.78 Å². The first-order valence-corrected chi connectivity index (χ1v) is 8.58. The number of hydrogen-bond donors (Lipinski definition) is 0. The van der Waals surface area contributed by atoms with E-state index < -0.39 is 0 Å². The normalized spacial score (nSPS) is 12.3. The van der Waals surface area contributed by atoms with Gasteiger partial charge in [0, 0.05) is 29.2 Å². The number of nitrogens with zero attached hydrogens (tertiary/aromatic N) is 1. The van der Waals surface area contributed by atoms with Crippen LogP contribution in [0, 0.1) is 0 Å². The third kappa shape index (κ3) is 4.90. The van der Waals surface area contributed by atoms with Crippen molar-refractivity contribution in [3.8, 4) is 0 Å². The molecule has 26 heavy (non-hydrogen) atoms. The van der Waals surface area contributed by atoms with Crippen molar-refractivity contribution in [1.29, 1.82) is 0 Å². The van der Waals surface area contributed by atoms with E-state index in [9.17, 15) is 9.59 Å². The van der Waals surface area contributed by atoms with Gasteiger partial charge in [0.25, 0.3) is 0 Å². The third-order valence-corrected chi connectivity index (χ3v) is 4.45. The molecule has 0 aliphatic carbocycles. The smallest absolute Gasteiger partial charge is 0.337 e. The Hall–Kier alpha value is -2.72. The van der Waals surface area contributed by atoms with E-state index in [4.69, 9.17) is 4.74 Å². The standard InChI is InChI=1S/C22H26NO3/c1-16(2)22(25)26-17(3)23(4,5)15-18-11-13-20(14-12-18)21(24)19-9-7-6-8-10-19/h6-14,17H,1,15H2,2-5H3/q+1. The summed E-state index contributed by atoms with van der Waals surface area (Å²) < 4.78 is 5.93. The van der Waals surface area contributed by atoms with E-state index in [1.165, 1.54) is 0 Å². The number of ketones is 1. The largest absolute Gasteiger partial charge is 0.409 e. The van der Waals surface area contributed by atoms with Gasteiger partial charge >= 0.3 is 5.97 Å². The van der Waals surface area contributed by atoms with Crippen LogP contribution in [0.4, 0.5) is 0 Å².